The van der Waals surface area contributed by atoms with Crippen LogP contribution in [0.3, 0.4) is 0 Å². The molecule has 3 fully saturated rings. The Hall–Kier alpha value is -0.200. The van der Waals surface area contributed by atoms with E-state index < -0.39 is 0 Å². The average Bonchev–Trinajstić information content (AvgIpc) is 2.90. The first-order chi connectivity index (χ1) is 9.92. The quantitative estimate of drug-likeness (QED) is 0.742. The summed E-state index contributed by atoms with van der Waals surface area (Å²) in [6.45, 7) is 7.28. The van der Waals surface area contributed by atoms with Gasteiger partial charge >= 0.3 is 0 Å². The van der Waals surface area contributed by atoms with Gasteiger partial charge in [0.15, 0.2) is 0 Å². The van der Waals surface area contributed by atoms with E-state index in [9.17, 15) is 0 Å². The first-order valence-electron chi connectivity index (χ1n) is 8.36. The molecule has 20 heavy (non-hydrogen) atoms. The molecule has 0 aliphatic carbocycles. The number of hydrogen-bond donors (Lipinski definition) is 1. The van der Waals surface area contributed by atoms with Crippen LogP contribution in [0.1, 0.15) is 38.5 Å². The number of nitrogens with zero attached hydrogens (tertiary/aromatic N) is 2. The Morgan fingerprint density at radius 3 is 2.85 bits per heavy atom. The van der Waals surface area contributed by atoms with Crippen molar-refractivity contribution in [2.75, 3.05) is 46.0 Å². The van der Waals surface area contributed by atoms with E-state index in [1.807, 2.05) is 0 Å². The summed E-state index contributed by atoms with van der Waals surface area (Å²) in [6.07, 6.45) is 7.89. The van der Waals surface area contributed by atoms with Gasteiger partial charge in [-0.15, -0.1) is 0 Å². The predicted octanol–water partition coefficient (Wildman–Crippen LogP) is 1.20. The van der Waals surface area contributed by atoms with Crippen molar-refractivity contribution < 1.29 is 9.47 Å². The van der Waals surface area contributed by atoms with E-state index in [1.54, 1.807) is 0 Å². The maximum atomic E-state index is 5.99. The normalized spacial score (nSPS) is 32.4. The number of piperidine rings is 1. The fraction of sp³-hybridized carbons (Fsp3) is 1.00. The molecule has 2 unspecified atom stereocenters. The van der Waals surface area contributed by atoms with Crippen LogP contribution in [-0.2, 0) is 9.47 Å². The van der Waals surface area contributed by atoms with Crippen molar-refractivity contribution >= 4 is 0 Å². The largest absolute Gasteiger partial charge is 0.379 e. The Kier molecular flexibility index (Phi) is 5.67. The molecule has 3 rings (SSSR count). The van der Waals surface area contributed by atoms with Crippen LogP contribution in [0.2, 0.25) is 0 Å². The van der Waals surface area contributed by atoms with Gasteiger partial charge in [0.1, 0.15) is 6.23 Å². The summed E-state index contributed by atoms with van der Waals surface area (Å²) in [4.78, 5) is 2.50. The maximum absolute atomic E-state index is 5.99. The molecular weight excluding hydrogens is 254 g/mol. The number of ether oxygens (including phenoxy) is 2. The Morgan fingerprint density at radius 1 is 1.10 bits per heavy atom. The minimum absolute atomic E-state index is 0.265. The molecule has 0 spiro atoms. The first kappa shape index (κ1) is 14.7. The van der Waals surface area contributed by atoms with Crippen LogP contribution in [0.4, 0.5) is 0 Å². The second-order valence-corrected chi connectivity index (χ2v) is 6.23. The third-order valence-electron chi connectivity index (χ3n) is 4.71. The van der Waals surface area contributed by atoms with Gasteiger partial charge in [0.05, 0.1) is 13.2 Å². The van der Waals surface area contributed by atoms with Crippen LogP contribution in [0.5, 0.6) is 0 Å². The van der Waals surface area contributed by atoms with E-state index in [0.717, 1.165) is 39.0 Å². The number of morpholine rings is 1. The van der Waals surface area contributed by atoms with Crippen molar-refractivity contribution in [3.8, 4) is 0 Å². The molecule has 116 valence electrons. The molecule has 1 N–H and O–H groups in total. The van der Waals surface area contributed by atoms with Gasteiger partial charge in [0.2, 0.25) is 0 Å². The Labute approximate surface area is 122 Å². The zero-order valence-electron chi connectivity index (χ0n) is 12.6. The fourth-order valence-corrected chi connectivity index (χ4v) is 3.49. The molecule has 0 amide bonds. The molecule has 3 aliphatic heterocycles. The number of hydrazine groups is 1. The van der Waals surface area contributed by atoms with Crippen molar-refractivity contribution in [2.45, 2.75) is 50.8 Å². The molecule has 3 saturated heterocycles. The Morgan fingerprint density at radius 2 is 2.00 bits per heavy atom. The summed E-state index contributed by atoms with van der Waals surface area (Å²) in [5, 5.41) is 2.40. The monoisotopic (exact) mass is 283 g/mol. The first-order valence-corrected chi connectivity index (χ1v) is 8.36. The highest BCUT2D eigenvalue weighted by Crippen LogP contribution is 2.25. The number of unbranched alkanes of at least 4 members (excludes halogenated alkanes) is 1. The highest BCUT2D eigenvalue weighted by Gasteiger charge is 2.33. The summed E-state index contributed by atoms with van der Waals surface area (Å²) in [5.74, 6) is 0. The zero-order valence-corrected chi connectivity index (χ0v) is 12.6. The minimum Gasteiger partial charge on any atom is -0.379 e. The lowest BCUT2D eigenvalue weighted by molar-refractivity contribution is 0.00957. The van der Waals surface area contributed by atoms with E-state index in [2.05, 4.69) is 15.3 Å². The van der Waals surface area contributed by atoms with Crippen LogP contribution < -0.4 is 5.43 Å². The molecular formula is C15H29N3O2. The fourth-order valence-electron chi connectivity index (χ4n) is 3.49. The van der Waals surface area contributed by atoms with Gasteiger partial charge in [0.25, 0.3) is 0 Å². The highest BCUT2D eigenvalue weighted by molar-refractivity contribution is 4.83. The molecule has 3 heterocycles. The van der Waals surface area contributed by atoms with E-state index >= 15 is 0 Å². The lowest BCUT2D eigenvalue weighted by Crippen LogP contribution is -2.42. The van der Waals surface area contributed by atoms with E-state index in [1.165, 1.54) is 51.6 Å². The Bertz CT molecular complexity index is 270. The lowest BCUT2D eigenvalue weighted by atomic mass is 10.0. The molecule has 0 aromatic rings. The topological polar surface area (TPSA) is 37.0 Å². The van der Waals surface area contributed by atoms with Gasteiger partial charge in [-0.05, 0) is 32.2 Å². The van der Waals surface area contributed by atoms with Crippen LogP contribution in [0.25, 0.3) is 0 Å². The second kappa shape index (κ2) is 7.71. The third-order valence-corrected chi connectivity index (χ3v) is 4.71. The number of fused-ring (bicyclic) bond motifs is 1. The smallest absolute Gasteiger partial charge is 0.122 e. The molecule has 5 nitrogen and oxygen atoms in total. The zero-order chi connectivity index (χ0) is 13.6. The number of rotatable bonds is 6. The summed E-state index contributed by atoms with van der Waals surface area (Å²) < 4.78 is 11.4. The van der Waals surface area contributed by atoms with Gasteiger partial charge in [-0.25, -0.2) is 10.4 Å². The highest BCUT2D eigenvalue weighted by atomic mass is 16.5. The van der Waals surface area contributed by atoms with Crippen molar-refractivity contribution in [1.82, 2.24) is 15.3 Å². The van der Waals surface area contributed by atoms with E-state index in [-0.39, 0.29) is 6.23 Å². The minimum atomic E-state index is 0.265. The summed E-state index contributed by atoms with van der Waals surface area (Å²) >= 11 is 0. The molecule has 5 heteroatoms. The van der Waals surface area contributed by atoms with Crippen LogP contribution in [0.15, 0.2) is 0 Å². The van der Waals surface area contributed by atoms with Crippen molar-refractivity contribution in [2.24, 2.45) is 0 Å². The van der Waals surface area contributed by atoms with Crippen molar-refractivity contribution in [3.05, 3.63) is 0 Å². The predicted molar refractivity (Wildman–Crippen MR) is 78.3 cm³/mol. The van der Waals surface area contributed by atoms with Crippen molar-refractivity contribution in [1.29, 1.82) is 0 Å². The number of hydrogen-bond acceptors (Lipinski definition) is 5. The molecule has 0 radical (unpaired) electrons. The summed E-state index contributed by atoms with van der Waals surface area (Å²) in [5.41, 5.74) is 3.52. The van der Waals surface area contributed by atoms with Gasteiger partial charge in [-0.2, -0.15) is 0 Å². The second-order valence-electron chi connectivity index (χ2n) is 6.23. The van der Waals surface area contributed by atoms with E-state index in [4.69, 9.17) is 9.47 Å². The maximum Gasteiger partial charge on any atom is 0.122 e. The number of nitrogens with one attached hydrogen (secondary N) is 1. The molecule has 0 aromatic heterocycles. The van der Waals surface area contributed by atoms with Gasteiger partial charge < -0.3 is 9.47 Å². The Balaban J connectivity index is 1.23. The average molecular weight is 283 g/mol. The van der Waals surface area contributed by atoms with Crippen LogP contribution in [-0.4, -0.2) is 68.2 Å². The van der Waals surface area contributed by atoms with Crippen LogP contribution in [0, 0.1) is 0 Å². The molecule has 0 bridgehead atoms. The third kappa shape index (κ3) is 4.15. The molecule has 3 aliphatic rings. The summed E-state index contributed by atoms with van der Waals surface area (Å²) in [6, 6.07) is 0.724. The molecule has 2 atom stereocenters. The summed E-state index contributed by atoms with van der Waals surface area (Å²) in [7, 11) is 0. The lowest BCUT2D eigenvalue weighted by Gasteiger charge is -2.28. The molecule has 0 aromatic carbocycles. The van der Waals surface area contributed by atoms with Crippen LogP contribution >= 0.6 is 0 Å². The van der Waals surface area contributed by atoms with Gasteiger partial charge in [-0.3, -0.25) is 4.90 Å². The van der Waals surface area contributed by atoms with Crippen molar-refractivity contribution in [3.63, 3.8) is 0 Å². The van der Waals surface area contributed by atoms with E-state index in [0.29, 0.717) is 0 Å². The SMILES string of the molecule is C(CCN1CCOCC1)COC1CC2CCCCN2N1. The molecule has 0 saturated carbocycles. The van der Waals surface area contributed by atoms with Gasteiger partial charge in [0, 0.05) is 38.7 Å². The van der Waals surface area contributed by atoms with Gasteiger partial charge in [-0.1, -0.05) is 6.42 Å². The standard InChI is InChI=1S/C15H29N3O2/c1-2-7-18-14(5-1)13-15(16-18)20-10-4-3-6-17-8-11-19-12-9-17/h14-16H,1-13H2.